The summed E-state index contributed by atoms with van der Waals surface area (Å²) >= 11 is 1.32. The van der Waals surface area contributed by atoms with Crippen molar-refractivity contribution >= 4 is 35.8 Å². The first-order valence-corrected chi connectivity index (χ1v) is 9.39. The van der Waals surface area contributed by atoms with Gasteiger partial charge in [-0.25, -0.2) is 0 Å². The number of hydrogen-bond donors (Lipinski definition) is 1. The lowest BCUT2D eigenvalue weighted by Gasteiger charge is -2.32. The molecule has 1 atom stereocenters. The zero-order valence-corrected chi connectivity index (χ0v) is 15.8. The molecule has 25 heavy (non-hydrogen) atoms. The second kappa shape index (κ2) is 8.84. The Balaban J connectivity index is 0.00000225. The van der Waals surface area contributed by atoms with E-state index in [1.165, 1.54) is 17.8 Å². The Labute approximate surface area is 157 Å². The van der Waals surface area contributed by atoms with Gasteiger partial charge in [0.25, 0.3) is 11.6 Å². The molecule has 2 saturated heterocycles. The van der Waals surface area contributed by atoms with E-state index in [2.05, 4.69) is 10.2 Å². The Hall–Kier alpha value is -1.35. The van der Waals surface area contributed by atoms with Gasteiger partial charge >= 0.3 is 0 Å². The monoisotopic (exact) mass is 386 g/mol. The number of thioether (sulfide) groups is 1. The molecule has 0 saturated carbocycles. The zero-order chi connectivity index (χ0) is 17.1. The Morgan fingerprint density at radius 3 is 2.68 bits per heavy atom. The van der Waals surface area contributed by atoms with Crippen molar-refractivity contribution in [2.75, 3.05) is 45.5 Å². The highest BCUT2D eigenvalue weighted by molar-refractivity contribution is 7.98. The van der Waals surface area contributed by atoms with Crippen LogP contribution in [0.5, 0.6) is 0 Å². The number of nitrogens with zero attached hydrogens (tertiary/aromatic N) is 3. The summed E-state index contributed by atoms with van der Waals surface area (Å²) in [6, 6.07) is 5.17. The van der Waals surface area contributed by atoms with Crippen molar-refractivity contribution in [1.82, 2.24) is 15.1 Å². The van der Waals surface area contributed by atoms with E-state index in [0.717, 1.165) is 32.6 Å². The van der Waals surface area contributed by atoms with E-state index in [-0.39, 0.29) is 24.0 Å². The third-order valence-corrected chi connectivity index (χ3v) is 5.53. The molecule has 1 aromatic carbocycles. The average molecular weight is 387 g/mol. The van der Waals surface area contributed by atoms with Crippen molar-refractivity contribution < 1.29 is 9.72 Å². The van der Waals surface area contributed by atoms with Gasteiger partial charge in [-0.05, 0) is 24.8 Å². The van der Waals surface area contributed by atoms with Crippen LogP contribution in [0.3, 0.4) is 0 Å². The smallest absolute Gasteiger partial charge is 0.283 e. The van der Waals surface area contributed by atoms with Crippen molar-refractivity contribution in [3.63, 3.8) is 0 Å². The third kappa shape index (κ3) is 4.44. The molecule has 0 aromatic heterocycles. The second-order valence-electron chi connectivity index (χ2n) is 6.12. The Morgan fingerprint density at radius 2 is 2.04 bits per heavy atom. The number of rotatable bonds is 4. The molecule has 2 aliphatic heterocycles. The van der Waals surface area contributed by atoms with Gasteiger partial charge in [0.05, 0.1) is 9.82 Å². The number of likely N-dealkylation sites (tertiary alicyclic amines) is 1. The Morgan fingerprint density at radius 1 is 1.32 bits per heavy atom. The summed E-state index contributed by atoms with van der Waals surface area (Å²) in [5, 5.41) is 14.5. The fourth-order valence-corrected chi connectivity index (χ4v) is 3.97. The lowest BCUT2D eigenvalue weighted by molar-refractivity contribution is -0.387. The molecule has 3 rings (SSSR count). The quantitative estimate of drug-likeness (QED) is 0.483. The van der Waals surface area contributed by atoms with Crippen LogP contribution >= 0.6 is 24.2 Å². The number of piperazine rings is 1. The standard InChI is InChI=1S/C16H22N4O3S.ClH/c1-24-15-3-2-12(10-14(15)20(22)23)16(21)19-7-4-13(11-19)18-8-5-17-6-9-18;/h2-3,10,13,17H,4-9,11H2,1H3;1H. The maximum Gasteiger partial charge on any atom is 0.283 e. The summed E-state index contributed by atoms with van der Waals surface area (Å²) in [6.45, 7) is 5.43. The first-order valence-electron chi connectivity index (χ1n) is 8.16. The molecule has 1 N–H and O–H groups in total. The molecule has 2 heterocycles. The molecule has 0 aliphatic carbocycles. The first-order chi connectivity index (χ1) is 11.6. The number of amides is 1. The minimum absolute atomic E-state index is 0. The van der Waals surface area contributed by atoms with Crippen LogP contribution in [0, 0.1) is 10.1 Å². The number of carbonyl (C=O) groups excluding carboxylic acids is 1. The van der Waals surface area contributed by atoms with Gasteiger partial charge in [0.15, 0.2) is 0 Å². The molecule has 7 nitrogen and oxygen atoms in total. The second-order valence-corrected chi connectivity index (χ2v) is 6.97. The van der Waals surface area contributed by atoms with E-state index in [1.54, 1.807) is 18.4 Å². The van der Waals surface area contributed by atoms with Gasteiger partial charge < -0.3 is 10.2 Å². The van der Waals surface area contributed by atoms with E-state index in [1.807, 2.05) is 4.90 Å². The highest BCUT2D eigenvalue weighted by atomic mass is 35.5. The number of carbonyl (C=O) groups is 1. The fourth-order valence-electron chi connectivity index (χ4n) is 3.42. The Kier molecular flexibility index (Phi) is 7.06. The van der Waals surface area contributed by atoms with Crippen LogP contribution in [0.15, 0.2) is 23.1 Å². The minimum atomic E-state index is -0.421. The molecular formula is C16H23ClN4O3S. The summed E-state index contributed by atoms with van der Waals surface area (Å²) in [5.74, 6) is -0.108. The summed E-state index contributed by atoms with van der Waals surface area (Å²) in [6.07, 6.45) is 2.76. The van der Waals surface area contributed by atoms with Crippen molar-refractivity contribution in [3.8, 4) is 0 Å². The molecule has 1 amide bonds. The number of benzene rings is 1. The lowest BCUT2D eigenvalue weighted by atomic mass is 10.1. The van der Waals surface area contributed by atoms with Crippen LogP contribution in [-0.2, 0) is 0 Å². The van der Waals surface area contributed by atoms with Crippen LogP contribution in [-0.4, -0.2) is 72.2 Å². The van der Waals surface area contributed by atoms with E-state index in [4.69, 9.17) is 0 Å². The maximum absolute atomic E-state index is 12.7. The average Bonchev–Trinajstić information content (AvgIpc) is 3.11. The van der Waals surface area contributed by atoms with Crippen molar-refractivity contribution in [2.24, 2.45) is 0 Å². The molecule has 138 valence electrons. The minimum Gasteiger partial charge on any atom is -0.337 e. The maximum atomic E-state index is 12.7. The molecule has 9 heteroatoms. The van der Waals surface area contributed by atoms with Gasteiger partial charge in [-0.2, -0.15) is 0 Å². The van der Waals surface area contributed by atoms with E-state index in [9.17, 15) is 14.9 Å². The van der Waals surface area contributed by atoms with E-state index in [0.29, 0.717) is 29.6 Å². The van der Waals surface area contributed by atoms with Gasteiger partial charge in [-0.1, -0.05) is 0 Å². The van der Waals surface area contributed by atoms with Gasteiger partial charge in [0.1, 0.15) is 0 Å². The van der Waals surface area contributed by atoms with Gasteiger partial charge in [-0.15, -0.1) is 24.2 Å². The summed E-state index contributed by atoms with van der Waals surface area (Å²) in [5.41, 5.74) is 0.409. The van der Waals surface area contributed by atoms with Crippen LogP contribution in [0.25, 0.3) is 0 Å². The fraction of sp³-hybridized carbons (Fsp3) is 0.562. The molecule has 2 fully saturated rings. The van der Waals surface area contributed by atoms with Crippen molar-refractivity contribution in [2.45, 2.75) is 17.4 Å². The molecule has 0 spiro atoms. The highest BCUT2D eigenvalue weighted by Gasteiger charge is 2.32. The first kappa shape index (κ1) is 20.0. The van der Waals surface area contributed by atoms with Crippen LogP contribution in [0.4, 0.5) is 5.69 Å². The number of nitro groups is 1. The van der Waals surface area contributed by atoms with Crippen molar-refractivity contribution in [3.05, 3.63) is 33.9 Å². The third-order valence-electron chi connectivity index (χ3n) is 4.74. The molecule has 1 aromatic rings. The van der Waals surface area contributed by atoms with Gasteiger partial charge in [0, 0.05) is 56.9 Å². The number of halogens is 1. The molecule has 2 aliphatic rings. The highest BCUT2D eigenvalue weighted by Crippen LogP contribution is 2.29. The molecular weight excluding hydrogens is 364 g/mol. The molecule has 0 bridgehead atoms. The van der Waals surface area contributed by atoms with Crippen LogP contribution in [0.2, 0.25) is 0 Å². The van der Waals surface area contributed by atoms with Gasteiger partial charge in [-0.3, -0.25) is 19.8 Å². The van der Waals surface area contributed by atoms with Gasteiger partial charge in [0.2, 0.25) is 0 Å². The topological polar surface area (TPSA) is 78.7 Å². The Bertz CT molecular complexity index is 640. The number of nitrogens with one attached hydrogen (secondary N) is 1. The summed E-state index contributed by atoms with van der Waals surface area (Å²) in [7, 11) is 0. The van der Waals surface area contributed by atoms with E-state index < -0.39 is 4.92 Å². The predicted molar refractivity (Wildman–Crippen MR) is 101 cm³/mol. The summed E-state index contributed by atoms with van der Waals surface area (Å²) < 4.78 is 0. The summed E-state index contributed by atoms with van der Waals surface area (Å²) in [4.78, 5) is 28.3. The van der Waals surface area contributed by atoms with Crippen LogP contribution < -0.4 is 5.32 Å². The van der Waals surface area contributed by atoms with E-state index >= 15 is 0 Å². The lowest BCUT2D eigenvalue weighted by Crippen LogP contribution is -2.49. The molecule has 1 unspecified atom stereocenters. The SMILES string of the molecule is CSc1ccc(C(=O)N2CCC(N3CCNCC3)C2)cc1[N+](=O)[O-].Cl. The number of hydrogen-bond acceptors (Lipinski definition) is 6. The normalized spacial score (nSPS) is 21.0. The predicted octanol–water partition coefficient (Wildman–Crippen LogP) is 1.86. The van der Waals surface area contributed by atoms with Crippen molar-refractivity contribution in [1.29, 1.82) is 0 Å². The zero-order valence-electron chi connectivity index (χ0n) is 14.1. The van der Waals surface area contributed by atoms with Crippen LogP contribution in [0.1, 0.15) is 16.8 Å². The molecule has 0 radical (unpaired) electrons. The largest absolute Gasteiger partial charge is 0.337 e. The number of nitro benzene ring substituents is 1.